The maximum absolute atomic E-state index is 15.0. The van der Waals surface area contributed by atoms with E-state index in [-0.39, 0.29) is 24.6 Å². The molecule has 0 radical (unpaired) electrons. The molecule has 0 spiro atoms. The normalized spacial score (nSPS) is 20.9. The molecule has 1 aliphatic rings. The number of ether oxygens (including phenoxy) is 1. The van der Waals surface area contributed by atoms with Gasteiger partial charge in [-0.1, -0.05) is 6.92 Å². The largest absolute Gasteiger partial charge is 0.418 e. The average Bonchev–Trinajstić information content (AvgIpc) is 2.84. The Morgan fingerprint density at radius 3 is 2.66 bits per heavy atom. The number of aliphatic imine (C=N–C) groups is 1. The summed E-state index contributed by atoms with van der Waals surface area (Å²) in [5.74, 6) is -6.26. The lowest BCUT2D eigenvalue weighted by atomic mass is 9.81. The van der Waals surface area contributed by atoms with Crippen molar-refractivity contribution in [3.8, 4) is 0 Å². The summed E-state index contributed by atoms with van der Waals surface area (Å²) in [6.07, 6.45) is -4.23. The van der Waals surface area contributed by atoms with Crippen LogP contribution in [0.2, 0.25) is 0 Å². The van der Waals surface area contributed by atoms with Crippen molar-refractivity contribution in [1.82, 2.24) is 4.98 Å². The number of carbonyl (C=O) groups is 1. The number of anilines is 1. The molecule has 1 aliphatic heterocycles. The van der Waals surface area contributed by atoms with Crippen LogP contribution in [0.5, 0.6) is 0 Å². The smallest absolute Gasteiger partial charge is 0.385 e. The van der Waals surface area contributed by atoms with Crippen LogP contribution in [0.1, 0.15) is 35.0 Å². The minimum atomic E-state index is -4.85. The molecular weight excluding hydrogens is 442 g/mol. The van der Waals surface area contributed by atoms with E-state index in [9.17, 15) is 31.1 Å². The van der Waals surface area contributed by atoms with Gasteiger partial charge in [0, 0.05) is 17.4 Å². The van der Waals surface area contributed by atoms with Gasteiger partial charge in [0.2, 0.25) is 0 Å². The topological polar surface area (TPSA) is 89.6 Å². The molecule has 0 unspecified atom stereocenters. The molecule has 2 heterocycles. The minimum absolute atomic E-state index is 0.229. The van der Waals surface area contributed by atoms with Crippen LogP contribution in [0.4, 0.5) is 32.0 Å². The van der Waals surface area contributed by atoms with Gasteiger partial charge in [-0.2, -0.15) is 13.2 Å². The zero-order chi connectivity index (χ0) is 23.7. The summed E-state index contributed by atoms with van der Waals surface area (Å²) in [4.78, 5) is 19.8. The van der Waals surface area contributed by atoms with Gasteiger partial charge in [0.15, 0.2) is 5.54 Å². The van der Waals surface area contributed by atoms with Crippen molar-refractivity contribution in [1.29, 1.82) is 0 Å². The number of halogens is 6. The second-order valence-corrected chi connectivity index (χ2v) is 7.06. The van der Waals surface area contributed by atoms with E-state index >= 15 is 0 Å². The molecule has 172 valence electrons. The van der Waals surface area contributed by atoms with Crippen LogP contribution in [0, 0.1) is 5.82 Å². The molecule has 12 heteroatoms. The van der Waals surface area contributed by atoms with Crippen molar-refractivity contribution in [2.45, 2.75) is 31.0 Å². The van der Waals surface area contributed by atoms with Crippen LogP contribution < -0.4 is 11.1 Å². The fourth-order valence-electron chi connectivity index (χ4n) is 3.47. The lowest BCUT2D eigenvalue weighted by molar-refractivity contribution is -0.138. The first-order valence-electron chi connectivity index (χ1n) is 9.34. The van der Waals surface area contributed by atoms with Gasteiger partial charge in [-0.25, -0.2) is 13.2 Å². The number of carbonyl (C=O) groups excluding carboxylic acids is 1. The highest BCUT2D eigenvalue weighted by Gasteiger charge is 2.56. The Morgan fingerprint density at radius 2 is 2.00 bits per heavy atom. The molecule has 3 N–H and O–H groups in total. The fraction of sp³-hybridized carbons (Fsp3) is 0.350. The minimum Gasteiger partial charge on any atom is -0.385 e. The van der Waals surface area contributed by atoms with Gasteiger partial charge in [-0.3, -0.25) is 14.8 Å². The zero-order valence-corrected chi connectivity index (χ0v) is 16.6. The predicted molar refractivity (Wildman–Crippen MR) is 103 cm³/mol. The summed E-state index contributed by atoms with van der Waals surface area (Å²) in [5, 5.41) is 2.15. The van der Waals surface area contributed by atoms with Crippen molar-refractivity contribution in [2.75, 3.05) is 18.5 Å². The number of nitrogens with two attached hydrogens (primary N) is 1. The van der Waals surface area contributed by atoms with E-state index in [0.29, 0.717) is 6.07 Å². The van der Waals surface area contributed by atoms with Gasteiger partial charge in [0.25, 0.3) is 11.8 Å². The SMILES string of the molecule is CC[C@]1(c2cc(NC(=O)c3ncccc3C(F)(F)F)ccc2F)N=C(N)COCC1(F)F. The van der Waals surface area contributed by atoms with E-state index in [1.54, 1.807) is 0 Å². The Bertz CT molecular complexity index is 1060. The number of benzene rings is 1. The van der Waals surface area contributed by atoms with Crippen LogP contribution in [-0.2, 0) is 16.5 Å². The molecule has 0 bridgehead atoms. The lowest BCUT2D eigenvalue weighted by Crippen LogP contribution is -2.47. The molecule has 1 aromatic heterocycles. The summed E-state index contributed by atoms with van der Waals surface area (Å²) in [7, 11) is 0. The Hall–Kier alpha value is -3.15. The molecule has 0 fully saturated rings. The maximum atomic E-state index is 15.0. The van der Waals surface area contributed by atoms with E-state index in [4.69, 9.17) is 10.5 Å². The summed E-state index contributed by atoms with van der Waals surface area (Å²) in [6.45, 7) is -0.108. The maximum Gasteiger partial charge on any atom is 0.418 e. The molecule has 32 heavy (non-hydrogen) atoms. The van der Waals surface area contributed by atoms with Gasteiger partial charge in [0.05, 0.1) is 5.56 Å². The number of amides is 1. The summed E-state index contributed by atoms with van der Waals surface area (Å²) < 4.78 is 89.0. The quantitative estimate of drug-likeness (QED) is 0.672. The molecule has 6 nitrogen and oxygen atoms in total. The number of amidine groups is 1. The highest BCUT2D eigenvalue weighted by atomic mass is 19.4. The highest BCUT2D eigenvalue weighted by Crippen LogP contribution is 2.46. The number of hydrogen-bond acceptors (Lipinski definition) is 5. The average molecular weight is 460 g/mol. The summed E-state index contributed by atoms with van der Waals surface area (Å²) in [5.41, 5.74) is 0.162. The molecular formula is C20H18F6N4O2. The number of hydrogen-bond donors (Lipinski definition) is 2. The van der Waals surface area contributed by atoms with Gasteiger partial charge in [-0.05, 0) is 36.8 Å². The number of pyridine rings is 1. The Morgan fingerprint density at radius 1 is 1.28 bits per heavy atom. The molecule has 1 atom stereocenters. The number of nitrogens with zero attached hydrogens (tertiary/aromatic N) is 2. The van der Waals surface area contributed by atoms with E-state index in [1.807, 2.05) is 0 Å². The fourth-order valence-corrected chi connectivity index (χ4v) is 3.47. The Balaban J connectivity index is 2.05. The van der Waals surface area contributed by atoms with Crippen molar-refractivity contribution in [2.24, 2.45) is 10.7 Å². The molecule has 2 aromatic rings. The van der Waals surface area contributed by atoms with Crippen LogP contribution in [0.25, 0.3) is 0 Å². The molecule has 1 amide bonds. The number of alkyl halides is 5. The third kappa shape index (κ3) is 4.27. The van der Waals surface area contributed by atoms with Gasteiger partial charge < -0.3 is 15.8 Å². The molecule has 3 rings (SSSR count). The first-order chi connectivity index (χ1) is 14.9. The first-order valence-corrected chi connectivity index (χ1v) is 9.34. The highest BCUT2D eigenvalue weighted by molar-refractivity contribution is 6.04. The Labute approximate surface area is 178 Å². The van der Waals surface area contributed by atoms with Crippen LogP contribution in [0.3, 0.4) is 0 Å². The van der Waals surface area contributed by atoms with Crippen molar-refractivity contribution >= 4 is 17.4 Å². The van der Waals surface area contributed by atoms with E-state index in [1.165, 1.54) is 6.92 Å². The predicted octanol–water partition coefficient (Wildman–Crippen LogP) is 4.12. The third-order valence-electron chi connectivity index (χ3n) is 4.98. The summed E-state index contributed by atoms with van der Waals surface area (Å²) in [6, 6.07) is 4.41. The molecule has 1 aromatic carbocycles. The van der Waals surface area contributed by atoms with E-state index in [0.717, 1.165) is 30.5 Å². The zero-order valence-electron chi connectivity index (χ0n) is 16.6. The monoisotopic (exact) mass is 460 g/mol. The molecule has 0 aliphatic carbocycles. The van der Waals surface area contributed by atoms with Crippen LogP contribution in [-0.4, -0.2) is 35.9 Å². The van der Waals surface area contributed by atoms with E-state index < -0.39 is 52.8 Å². The summed E-state index contributed by atoms with van der Waals surface area (Å²) >= 11 is 0. The first kappa shape index (κ1) is 23.5. The standard InChI is InChI=1S/C20H18F6N4O2/c1-2-18(19(22,23)10-32-9-15(27)30-18)13-8-11(5-6-14(13)21)29-17(31)16-12(20(24,25)26)4-3-7-28-16/h3-8H,2,9-10H2,1H3,(H2,27,30)(H,29,31)/t18-/m1/s1. The Kier molecular flexibility index (Phi) is 6.18. The van der Waals surface area contributed by atoms with Gasteiger partial charge in [-0.15, -0.1) is 0 Å². The lowest BCUT2D eigenvalue weighted by Gasteiger charge is -2.36. The van der Waals surface area contributed by atoms with E-state index in [2.05, 4.69) is 15.3 Å². The molecule has 0 saturated heterocycles. The third-order valence-corrected chi connectivity index (χ3v) is 4.98. The van der Waals surface area contributed by atoms with Gasteiger partial charge in [0.1, 0.15) is 30.6 Å². The van der Waals surface area contributed by atoms with Crippen molar-refractivity contribution < 1.29 is 35.9 Å². The second kappa shape index (κ2) is 8.41. The van der Waals surface area contributed by atoms with Gasteiger partial charge >= 0.3 is 6.18 Å². The van der Waals surface area contributed by atoms with Crippen LogP contribution in [0.15, 0.2) is 41.5 Å². The molecule has 0 saturated carbocycles. The van der Waals surface area contributed by atoms with Crippen molar-refractivity contribution in [3.63, 3.8) is 0 Å². The second-order valence-electron chi connectivity index (χ2n) is 7.06. The van der Waals surface area contributed by atoms with Crippen LogP contribution >= 0.6 is 0 Å². The van der Waals surface area contributed by atoms with Crippen molar-refractivity contribution in [3.05, 3.63) is 59.2 Å². The number of rotatable bonds is 4. The number of nitrogens with one attached hydrogen (secondary N) is 1. The number of aromatic nitrogens is 1.